The molecular formula is C72H54O2Si2. The minimum atomic E-state index is -2.48. The largest absolute Gasteiger partial charge is 0.455 e. The Labute approximate surface area is 444 Å². The van der Waals surface area contributed by atoms with Gasteiger partial charge in [-0.2, -0.15) is 0 Å². The van der Waals surface area contributed by atoms with Crippen LogP contribution in [0.15, 0.2) is 191 Å². The van der Waals surface area contributed by atoms with E-state index in [2.05, 4.69) is 236 Å². The average Bonchev–Trinajstić information content (AvgIpc) is 4.26. The molecule has 0 fully saturated rings. The van der Waals surface area contributed by atoms with Gasteiger partial charge in [0.1, 0.15) is 38.5 Å². The van der Waals surface area contributed by atoms with Gasteiger partial charge in [0.05, 0.1) is 0 Å². The van der Waals surface area contributed by atoms with Gasteiger partial charge in [-0.15, -0.1) is 0 Å². The molecule has 2 aromatic heterocycles. The smallest absolute Gasteiger partial charge is 0.143 e. The minimum Gasteiger partial charge on any atom is -0.455 e. The Hall–Kier alpha value is -8.03. The predicted molar refractivity (Wildman–Crippen MR) is 326 cm³/mol. The van der Waals surface area contributed by atoms with Crippen molar-refractivity contribution in [2.75, 3.05) is 0 Å². The van der Waals surface area contributed by atoms with E-state index >= 15 is 0 Å². The number of benzene rings is 11. The zero-order valence-corrected chi connectivity index (χ0v) is 46.1. The Morgan fingerprint density at radius 1 is 0.303 bits per heavy atom. The van der Waals surface area contributed by atoms with Gasteiger partial charge >= 0.3 is 0 Å². The molecule has 0 saturated heterocycles. The van der Waals surface area contributed by atoms with E-state index in [-0.39, 0.29) is 10.8 Å². The zero-order valence-electron chi connectivity index (χ0n) is 44.1. The first-order chi connectivity index (χ1) is 36.8. The Kier molecular flexibility index (Phi) is 8.00. The molecule has 0 spiro atoms. The number of para-hydroxylation sites is 2. The third kappa shape index (κ3) is 5.04. The second kappa shape index (κ2) is 14.1. The number of hydrogen-bond donors (Lipinski definition) is 0. The van der Waals surface area contributed by atoms with Gasteiger partial charge < -0.3 is 8.83 Å². The Morgan fingerprint density at radius 2 is 0.658 bits per heavy atom. The fourth-order valence-electron chi connectivity index (χ4n) is 15.9. The summed E-state index contributed by atoms with van der Waals surface area (Å²) in [5.41, 5.74) is 25.0. The highest BCUT2D eigenvalue weighted by Gasteiger charge is 2.50. The summed E-state index contributed by atoms with van der Waals surface area (Å²) >= 11 is 0. The first-order valence-electron chi connectivity index (χ1n) is 27.3. The molecule has 2 aliphatic carbocycles. The standard InChI is InChI=1S/C72H54O2Si2/c1-71(2)53-29-17-13-25-43(53)61-41-23-11-9-21-39(41)49(35-55(61)71)51-37-59-63(65-45-27-15-19-31-57(45)73-67(51)65)47-33-34-48-64-60(76(7,8)70(48)69(47)75(59,5)6)38-52(68-66(64)46-28-16-20-32-58(46)74-68)50-36-56-62(42-24-12-10-22-40(42)50)44-26-14-18-30-54(44)72(56,3)4/h9-38H,1-8H3. The van der Waals surface area contributed by atoms with Gasteiger partial charge in [0.2, 0.25) is 0 Å². The Bertz CT molecular complexity index is 4570. The van der Waals surface area contributed by atoms with Crippen LogP contribution in [0.2, 0.25) is 26.2 Å². The van der Waals surface area contributed by atoms with Crippen molar-refractivity contribution in [1.82, 2.24) is 0 Å². The highest BCUT2D eigenvalue weighted by molar-refractivity contribution is 7.13. The van der Waals surface area contributed by atoms with Crippen LogP contribution < -0.4 is 20.7 Å². The van der Waals surface area contributed by atoms with Gasteiger partial charge in [-0.3, -0.25) is 0 Å². The van der Waals surface area contributed by atoms with E-state index in [9.17, 15) is 0 Å². The molecule has 0 atom stereocenters. The molecule has 4 heterocycles. The van der Waals surface area contributed by atoms with Crippen LogP contribution in [0.3, 0.4) is 0 Å². The van der Waals surface area contributed by atoms with Crippen LogP contribution in [0.1, 0.15) is 49.9 Å². The molecule has 0 bridgehead atoms. The normalized spacial score (nSPS) is 16.3. The molecule has 2 nitrogen and oxygen atoms in total. The third-order valence-electron chi connectivity index (χ3n) is 19.4. The van der Waals surface area contributed by atoms with E-state index in [1.165, 1.54) is 142 Å². The maximum absolute atomic E-state index is 7.25. The fraction of sp³-hybridized carbons (Fsp3) is 0.139. The van der Waals surface area contributed by atoms with Crippen LogP contribution in [-0.2, 0) is 10.8 Å². The number of rotatable bonds is 2. The summed E-state index contributed by atoms with van der Waals surface area (Å²) < 4.78 is 14.5. The molecular weight excluding hydrogens is 953 g/mol. The molecule has 2 aliphatic heterocycles. The minimum absolute atomic E-state index is 0.161. The van der Waals surface area contributed by atoms with Crippen LogP contribution >= 0.6 is 0 Å². The van der Waals surface area contributed by atoms with Crippen molar-refractivity contribution in [3.05, 3.63) is 204 Å². The topological polar surface area (TPSA) is 26.3 Å². The van der Waals surface area contributed by atoms with Crippen molar-refractivity contribution in [2.45, 2.75) is 64.7 Å². The van der Waals surface area contributed by atoms with Crippen LogP contribution in [-0.4, -0.2) is 16.1 Å². The summed E-state index contributed by atoms with van der Waals surface area (Å²) in [6.07, 6.45) is 0. The molecule has 362 valence electrons. The quantitative estimate of drug-likeness (QED) is 0.161. The van der Waals surface area contributed by atoms with Crippen LogP contribution in [0.5, 0.6) is 0 Å². The fourth-order valence-corrected chi connectivity index (χ4v) is 24.4. The number of fused-ring (bicyclic) bond motifs is 25. The SMILES string of the molecule is CC1(C)c2ccccc2-c2c1cc(-c1cc3c(c4c1oc1ccccc14)-c1ccc4c(c1[Si]3(C)C)[Si](C)(C)c1cc(-c3cc5c(c6ccccc36)-c3ccccc3C5(C)C)c3oc5ccccc5c3c1-4)c1ccccc21. The molecule has 0 radical (unpaired) electrons. The van der Waals surface area contributed by atoms with Gasteiger partial charge in [0.15, 0.2) is 0 Å². The molecule has 11 aromatic carbocycles. The van der Waals surface area contributed by atoms with Gasteiger partial charge in [0, 0.05) is 43.5 Å². The number of furan rings is 2. The molecule has 0 saturated carbocycles. The first kappa shape index (κ1) is 43.2. The van der Waals surface area contributed by atoms with Crippen molar-refractivity contribution in [2.24, 2.45) is 0 Å². The van der Waals surface area contributed by atoms with Crippen molar-refractivity contribution >= 4 is 102 Å². The molecule has 0 N–H and O–H groups in total. The Morgan fingerprint density at radius 3 is 1.08 bits per heavy atom. The van der Waals surface area contributed by atoms with E-state index < -0.39 is 16.1 Å². The lowest BCUT2D eigenvalue weighted by molar-refractivity contribution is 0.660. The van der Waals surface area contributed by atoms with Crippen molar-refractivity contribution in [3.63, 3.8) is 0 Å². The van der Waals surface area contributed by atoms with Gasteiger partial charge in [-0.1, -0.05) is 212 Å². The van der Waals surface area contributed by atoms with Crippen LogP contribution in [0, 0.1) is 0 Å². The van der Waals surface area contributed by atoms with Crippen molar-refractivity contribution in [3.8, 4) is 66.8 Å². The Balaban J connectivity index is 0.936. The molecule has 76 heavy (non-hydrogen) atoms. The van der Waals surface area contributed by atoms with E-state index in [1.54, 1.807) is 10.4 Å². The molecule has 0 amide bonds. The molecule has 4 aliphatic rings. The lowest BCUT2D eigenvalue weighted by Gasteiger charge is -2.28. The van der Waals surface area contributed by atoms with Crippen molar-refractivity contribution < 1.29 is 8.83 Å². The highest BCUT2D eigenvalue weighted by Crippen LogP contribution is 2.57. The summed E-state index contributed by atoms with van der Waals surface area (Å²) in [5.74, 6) is 0. The maximum atomic E-state index is 7.25. The van der Waals surface area contributed by atoms with E-state index in [4.69, 9.17) is 8.83 Å². The summed E-state index contributed by atoms with van der Waals surface area (Å²) in [4.78, 5) is 0. The second-order valence-corrected chi connectivity index (χ2v) is 33.2. The van der Waals surface area contributed by atoms with Gasteiger partial charge in [-0.25, -0.2) is 0 Å². The van der Waals surface area contributed by atoms with E-state index in [0.717, 1.165) is 22.3 Å². The zero-order chi connectivity index (χ0) is 51.1. The molecule has 17 rings (SSSR count). The molecule has 4 heteroatoms. The second-order valence-electron chi connectivity index (χ2n) is 24.6. The van der Waals surface area contributed by atoms with E-state index in [1.807, 2.05) is 0 Å². The summed E-state index contributed by atoms with van der Waals surface area (Å²) in [5, 5.41) is 16.3. The van der Waals surface area contributed by atoms with Gasteiger partial charge in [-0.05, 0) is 144 Å². The highest BCUT2D eigenvalue weighted by atomic mass is 28.3. The average molecular weight is 1010 g/mol. The molecule has 0 unspecified atom stereocenters. The predicted octanol–water partition coefficient (Wildman–Crippen LogP) is 17.3. The van der Waals surface area contributed by atoms with Crippen molar-refractivity contribution in [1.29, 1.82) is 0 Å². The third-order valence-corrected chi connectivity index (χ3v) is 26.7. The lowest BCUT2D eigenvalue weighted by atomic mass is 9.80. The lowest BCUT2D eigenvalue weighted by Crippen LogP contribution is -2.63. The van der Waals surface area contributed by atoms with Gasteiger partial charge in [0.25, 0.3) is 0 Å². The monoisotopic (exact) mass is 1010 g/mol. The summed E-state index contributed by atoms with van der Waals surface area (Å²) in [6, 6.07) is 69.2. The van der Waals surface area contributed by atoms with E-state index in [0.29, 0.717) is 0 Å². The van der Waals surface area contributed by atoms with Crippen LogP contribution in [0.4, 0.5) is 0 Å². The summed E-state index contributed by atoms with van der Waals surface area (Å²) in [6.45, 7) is 20.2. The summed E-state index contributed by atoms with van der Waals surface area (Å²) in [7, 11) is -4.97. The molecule has 13 aromatic rings. The number of hydrogen-bond acceptors (Lipinski definition) is 2. The van der Waals surface area contributed by atoms with Crippen LogP contribution in [0.25, 0.3) is 132 Å². The first-order valence-corrected chi connectivity index (χ1v) is 33.3. The maximum Gasteiger partial charge on any atom is 0.143 e.